The average Bonchev–Trinajstić information content (AvgIpc) is 2.53. The number of hydrogen-bond acceptors (Lipinski definition) is 1. The first-order valence-electron chi connectivity index (χ1n) is 8.83. The molecule has 1 heteroatoms. The van der Waals surface area contributed by atoms with E-state index in [-0.39, 0.29) is 5.78 Å². The lowest BCUT2D eigenvalue weighted by molar-refractivity contribution is -0.116. The van der Waals surface area contributed by atoms with Gasteiger partial charge in [0.2, 0.25) is 0 Å². The Bertz CT molecular complexity index is 364. The molecule has 130 valence electrons. The summed E-state index contributed by atoms with van der Waals surface area (Å²) >= 11 is 0. The van der Waals surface area contributed by atoms with Gasteiger partial charge in [0.1, 0.15) is 5.78 Å². The van der Waals surface area contributed by atoms with Gasteiger partial charge in [0.25, 0.3) is 0 Å². The van der Waals surface area contributed by atoms with Crippen LogP contribution in [0.2, 0.25) is 0 Å². The lowest BCUT2D eigenvalue weighted by atomic mass is 10.1. The molecule has 0 atom stereocenters. The van der Waals surface area contributed by atoms with Crippen molar-refractivity contribution in [2.45, 2.75) is 88.5 Å². The Kier molecular flexibility index (Phi) is 21.1. The van der Waals surface area contributed by atoms with E-state index >= 15 is 0 Å². The molecule has 0 unspecified atom stereocenters. The Morgan fingerprint density at radius 1 is 1.00 bits per heavy atom. The molecular weight excluding hydrogens is 268 g/mol. The predicted molar refractivity (Wildman–Crippen MR) is 103 cm³/mol. The van der Waals surface area contributed by atoms with Crippen LogP contribution in [-0.2, 0) is 11.2 Å². The molecule has 0 bridgehead atoms. The molecule has 0 spiro atoms. The Morgan fingerprint density at radius 2 is 1.41 bits per heavy atom. The molecular formula is C21H40O. The topological polar surface area (TPSA) is 17.1 Å². The summed E-state index contributed by atoms with van der Waals surface area (Å²) in [6.07, 6.45) is 3.11. The van der Waals surface area contributed by atoms with E-state index in [2.05, 4.69) is 59.7 Å². The van der Waals surface area contributed by atoms with Gasteiger partial charge in [0, 0.05) is 6.42 Å². The highest BCUT2D eigenvalue weighted by Gasteiger charge is 1.92. The monoisotopic (exact) mass is 308 g/mol. The summed E-state index contributed by atoms with van der Waals surface area (Å²) in [5.41, 5.74) is 4.22. The molecule has 0 aliphatic carbocycles. The van der Waals surface area contributed by atoms with Crippen LogP contribution in [0.4, 0.5) is 0 Å². The van der Waals surface area contributed by atoms with Gasteiger partial charge in [-0.1, -0.05) is 73.1 Å². The van der Waals surface area contributed by atoms with E-state index in [0.29, 0.717) is 6.42 Å². The third-order valence-corrected chi connectivity index (χ3v) is 3.29. The van der Waals surface area contributed by atoms with E-state index < -0.39 is 0 Å². The predicted octanol–water partition coefficient (Wildman–Crippen LogP) is 6.93. The molecule has 0 aliphatic heterocycles. The minimum atomic E-state index is 0.255. The number of rotatable bonds is 3. The molecule has 0 amide bonds. The quantitative estimate of drug-likeness (QED) is 0.591. The highest BCUT2D eigenvalue weighted by molar-refractivity contribution is 5.74. The van der Waals surface area contributed by atoms with Crippen molar-refractivity contribution in [2.75, 3.05) is 0 Å². The number of ketones is 1. The summed E-state index contributed by atoms with van der Waals surface area (Å²) < 4.78 is 0. The van der Waals surface area contributed by atoms with Gasteiger partial charge < -0.3 is 4.79 Å². The summed E-state index contributed by atoms with van der Waals surface area (Å²) in [5, 5.41) is 0. The minimum absolute atomic E-state index is 0.255. The zero-order valence-corrected chi connectivity index (χ0v) is 16.8. The molecule has 0 N–H and O–H groups in total. The standard InChI is InChI=1S/C10H14.C5H12.C4H8O.C2H6/c1-4-10-6-5-8(2)9(3)7-10;1-4-5(2)3;1-3-4(2)5;1-2/h5-7H,4H2,1-3H3;5H,4H2,1-3H3;3H2,1-2H3;1-2H3. The molecule has 22 heavy (non-hydrogen) atoms. The zero-order valence-electron chi connectivity index (χ0n) is 16.8. The van der Waals surface area contributed by atoms with Gasteiger partial charge in [-0.25, -0.2) is 0 Å². The fourth-order valence-corrected chi connectivity index (χ4v) is 1.02. The smallest absolute Gasteiger partial charge is 0.129 e. The third-order valence-electron chi connectivity index (χ3n) is 3.29. The maximum Gasteiger partial charge on any atom is 0.129 e. The molecule has 0 saturated heterocycles. The van der Waals surface area contributed by atoms with Crippen LogP contribution < -0.4 is 0 Å². The van der Waals surface area contributed by atoms with Crippen molar-refractivity contribution in [1.82, 2.24) is 0 Å². The number of hydrogen-bond donors (Lipinski definition) is 0. The van der Waals surface area contributed by atoms with Crippen LogP contribution in [0.3, 0.4) is 0 Å². The zero-order chi connectivity index (χ0) is 18.1. The van der Waals surface area contributed by atoms with E-state index in [1.54, 1.807) is 6.92 Å². The highest BCUT2D eigenvalue weighted by Crippen LogP contribution is 2.09. The average molecular weight is 309 g/mol. The fourth-order valence-electron chi connectivity index (χ4n) is 1.02. The molecule has 1 nitrogen and oxygen atoms in total. The van der Waals surface area contributed by atoms with Crippen molar-refractivity contribution in [3.8, 4) is 0 Å². The molecule has 0 aliphatic rings. The van der Waals surface area contributed by atoms with Crippen LogP contribution in [-0.4, -0.2) is 5.78 Å². The van der Waals surface area contributed by atoms with E-state index in [9.17, 15) is 4.79 Å². The van der Waals surface area contributed by atoms with E-state index in [1.807, 2.05) is 20.8 Å². The van der Waals surface area contributed by atoms with Gasteiger partial charge in [-0.05, 0) is 49.8 Å². The van der Waals surface area contributed by atoms with Crippen LogP contribution >= 0.6 is 0 Å². The Morgan fingerprint density at radius 3 is 1.64 bits per heavy atom. The number of aryl methyl sites for hydroxylation is 3. The highest BCUT2D eigenvalue weighted by atomic mass is 16.1. The van der Waals surface area contributed by atoms with Gasteiger partial charge >= 0.3 is 0 Å². The van der Waals surface area contributed by atoms with Gasteiger partial charge in [-0.3, -0.25) is 0 Å². The second kappa shape index (κ2) is 17.9. The minimum Gasteiger partial charge on any atom is -0.300 e. The third kappa shape index (κ3) is 18.9. The van der Waals surface area contributed by atoms with E-state index in [0.717, 1.165) is 12.3 Å². The Balaban J connectivity index is -0.000000257. The van der Waals surface area contributed by atoms with Crippen molar-refractivity contribution in [3.63, 3.8) is 0 Å². The SMILES string of the molecule is CC.CCC(C)=O.CCC(C)C.CCc1ccc(C)c(C)c1. The second-order valence-corrected chi connectivity index (χ2v) is 5.63. The molecule has 1 aromatic rings. The van der Waals surface area contributed by atoms with Gasteiger partial charge in [-0.2, -0.15) is 0 Å². The summed E-state index contributed by atoms with van der Waals surface area (Å²) in [5.74, 6) is 1.14. The first kappa shape index (κ1) is 25.8. The number of carbonyl (C=O) groups excluding carboxylic acids is 1. The van der Waals surface area contributed by atoms with Crippen molar-refractivity contribution in [1.29, 1.82) is 0 Å². The first-order chi connectivity index (χ1) is 10.3. The lowest BCUT2D eigenvalue weighted by Gasteiger charge is -2.01. The molecule has 0 radical (unpaired) electrons. The van der Waals surface area contributed by atoms with Crippen molar-refractivity contribution in [3.05, 3.63) is 34.9 Å². The Labute approximate surface area is 140 Å². The second-order valence-electron chi connectivity index (χ2n) is 5.63. The maximum absolute atomic E-state index is 9.81. The van der Waals surface area contributed by atoms with Crippen molar-refractivity contribution < 1.29 is 4.79 Å². The molecule has 0 aromatic heterocycles. The van der Waals surface area contributed by atoms with Gasteiger partial charge in [-0.15, -0.1) is 0 Å². The van der Waals surface area contributed by atoms with Crippen LogP contribution in [0.5, 0.6) is 0 Å². The van der Waals surface area contributed by atoms with Crippen molar-refractivity contribution >= 4 is 5.78 Å². The summed E-state index contributed by atoms with van der Waals surface area (Å²) in [6, 6.07) is 6.64. The lowest BCUT2D eigenvalue weighted by Crippen LogP contribution is -1.84. The Hall–Kier alpha value is -1.11. The normalized spacial score (nSPS) is 8.68. The molecule has 0 heterocycles. The van der Waals surface area contributed by atoms with Crippen LogP contribution in [0.25, 0.3) is 0 Å². The number of carbonyl (C=O) groups is 1. The van der Waals surface area contributed by atoms with Crippen LogP contribution in [0.15, 0.2) is 18.2 Å². The summed E-state index contributed by atoms with van der Waals surface area (Å²) in [4.78, 5) is 9.81. The molecule has 0 saturated carbocycles. The maximum atomic E-state index is 9.81. The number of Topliss-reactive ketones (excluding diaryl/α,β-unsaturated/α-hetero) is 1. The number of benzene rings is 1. The molecule has 1 rings (SSSR count). The van der Waals surface area contributed by atoms with Crippen LogP contribution in [0, 0.1) is 19.8 Å². The summed E-state index contributed by atoms with van der Waals surface area (Å²) in [6.45, 7) is 20.6. The fraction of sp³-hybridized carbons (Fsp3) is 0.667. The summed E-state index contributed by atoms with van der Waals surface area (Å²) in [7, 11) is 0. The largest absolute Gasteiger partial charge is 0.300 e. The van der Waals surface area contributed by atoms with Gasteiger partial charge in [0.05, 0.1) is 0 Å². The van der Waals surface area contributed by atoms with Crippen LogP contribution in [0.1, 0.15) is 84.9 Å². The van der Waals surface area contributed by atoms with E-state index in [4.69, 9.17) is 0 Å². The van der Waals surface area contributed by atoms with Crippen molar-refractivity contribution in [2.24, 2.45) is 5.92 Å². The van der Waals surface area contributed by atoms with Gasteiger partial charge in [0.15, 0.2) is 0 Å². The molecule has 0 fully saturated rings. The first-order valence-corrected chi connectivity index (χ1v) is 8.83. The molecule has 1 aromatic carbocycles. The van der Waals surface area contributed by atoms with E-state index in [1.165, 1.54) is 23.1 Å².